The Kier molecular flexibility index (Phi) is 6.23. The second-order valence-electron chi connectivity index (χ2n) is 5.57. The summed E-state index contributed by atoms with van der Waals surface area (Å²) in [7, 11) is 0. The molecule has 0 aromatic heterocycles. The number of hydrogen-bond acceptors (Lipinski definition) is 3. The molecule has 0 aliphatic carbocycles. The van der Waals surface area contributed by atoms with Crippen molar-refractivity contribution >= 4 is 5.91 Å². The Morgan fingerprint density at radius 3 is 2.95 bits per heavy atom. The van der Waals surface area contributed by atoms with E-state index in [0.29, 0.717) is 13.0 Å². The lowest BCUT2D eigenvalue weighted by molar-refractivity contribution is -0.126. The van der Waals surface area contributed by atoms with Crippen LogP contribution in [0.3, 0.4) is 0 Å². The van der Waals surface area contributed by atoms with Crippen LogP contribution in [0.1, 0.15) is 24.8 Å². The highest BCUT2D eigenvalue weighted by molar-refractivity contribution is 5.78. The van der Waals surface area contributed by atoms with Gasteiger partial charge >= 0.3 is 0 Å². The number of nitrogens with zero attached hydrogens (tertiary/aromatic N) is 2. The molecule has 1 atom stereocenters. The molecule has 1 aliphatic heterocycles. The summed E-state index contributed by atoms with van der Waals surface area (Å²) in [5.41, 5.74) is 1.25. The van der Waals surface area contributed by atoms with Crippen molar-refractivity contribution in [1.82, 2.24) is 10.2 Å². The number of hydrogen-bond donors (Lipinski definition) is 1. The molecule has 112 valence electrons. The highest BCUT2D eigenvalue weighted by Gasteiger charge is 2.25. The summed E-state index contributed by atoms with van der Waals surface area (Å²) < 4.78 is 0. The topological polar surface area (TPSA) is 56.1 Å². The van der Waals surface area contributed by atoms with Gasteiger partial charge in [0.1, 0.15) is 0 Å². The average Bonchev–Trinajstić information content (AvgIpc) is 2.54. The molecule has 1 N–H and O–H groups in total. The maximum atomic E-state index is 12.2. The Balaban J connectivity index is 1.71. The lowest BCUT2D eigenvalue weighted by Gasteiger charge is -2.31. The summed E-state index contributed by atoms with van der Waals surface area (Å²) in [5.74, 6) is 0.237. The van der Waals surface area contributed by atoms with E-state index in [2.05, 4.69) is 28.4 Å². The first-order chi connectivity index (χ1) is 10.3. The van der Waals surface area contributed by atoms with Gasteiger partial charge in [0.05, 0.1) is 12.0 Å². The third kappa shape index (κ3) is 5.20. The largest absolute Gasteiger partial charge is 0.355 e. The van der Waals surface area contributed by atoms with E-state index in [1.54, 1.807) is 0 Å². The molecule has 1 fully saturated rings. The zero-order valence-corrected chi connectivity index (χ0v) is 12.4. The van der Waals surface area contributed by atoms with Gasteiger partial charge in [0.2, 0.25) is 5.91 Å². The molecule has 1 amide bonds. The predicted octanol–water partition coefficient (Wildman–Crippen LogP) is 1.97. The fourth-order valence-corrected chi connectivity index (χ4v) is 2.80. The van der Waals surface area contributed by atoms with Crippen LogP contribution in [0.2, 0.25) is 0 Å². The first-order valence-corrected chi connectivity index (χ1v) is 7.70. The van der Waals surface area contributed by atoms with Crippen LogP contribution in [0.4, 0.5) is 0 Å². The predicted molar refractivity (Wildman–Crippen MR) is 82.5 cm³/mol. The third-order valence-electron chi connectivity index (χ3n) is 3.97. The van der Waals surface area contributed by atoms with E-state index in [0.717, 1.165) is 38.9 Å². The van der Waals surface area contributed by atoms with Crippen molar-refractivity contribution in [2.24, 2.45) is 5.92 Å². The van der Waals surface area contributed by atoms with Crippen LogP contribution in [0.15, 0.2) is 30.3 Å². The second-order valence-corrected chi connectivity index (χ2v) is 5.57. The Bertz CT molecular complexity index is 481. The maximum Gasteiger partial charge on any atom is 0.224 e. The van der Waals surface area contributed by atoms with Crippen molar-refractivity contribution in [1.29, 1.82) is 5.26 Å². The van der Waals surface area contributed by atoms with E-state index < -0.39 is 0 Å². The molecule has 4 nitrogen and oxygen atoms in total. The lowest BCUT2D eigenvalue weighted by atomic mass is 9.97. The van der Waals surface area contributed by atoms with Crippen LogP contribution in [-0.2, 0) is 11.2 Å². The molecule has 1 aromatic rings. The maximum absolute atomic E-state index is 12.2. The Labute approximate surface area is 126 Å². The minimum absolute atomic E-state index is 0.0771. The number of carbonyl (C=O) groups is 1. The molecular weight excluding hydrogens is 262 g/mol. The van der Waals surface area contributed by atoms with Crippen molar-refractivity contribution in [3.8, 4) is 6.07 Å². The van der Waals surface area contributed by atoms with E-state index in [9.17, 15) is 4.79 Å². The number of amides is 1. The number of carbonyl (C=O) groups excluding carboxylic acids is 1. The number of nitrogens with one attached hydrogen (secondary N) is 1. The quantitative estimate of drug-likeness (QED) is 0.869. The minimum Gasteiger partial charge on any atom is -0.355 e. The normalized spacial score (nSPS) is 18.9. The molecule has 1 aromatic carbocycles. The molecule has 1 heterocycles. The number of benzene rings is 1. The molecule has 0 spiro atoms. The van der Waals surface area contributed by atoms with Gasteiger partial charge < -0.3 is 10.2 Å². The Morgan fingerprint density at radius 1 is 1.38 bits per heavy atom. The van der Waals surface area contributed by atoms with E-state index in [1.807, 2.05) is 18.2 Å². The summed E-state index contributed by atoms with van der Waals surface area (Å²) in [4.78, 5) is 14.4. The van der Waals surface area contributed by atoms with Crippen molar-refractivity contribution in [3.63, 3.8) is 0 Å². The van der Waals surface area contributed by atoms with Gasteiger partial charge in [-0.25, -0.2) is 0 Å². The third-order valence-corrected chi connectivity index (χ3v) is 3.97. The van der Waals surface area contributed by atoms with Gasteiger partial charge in [-0.3, -0.25) is 4.79 Å². The molecule has 1 unspecified atom stereocenters. The van der Waals surface area contributed by atoms with E-state index in [4.69, 9.17) is 5.26 Å². The first kappa shape index (κ1) is 15.5. The van der Waals surface area contributed by atoms with Gasteiger partial charge in [-0.1, -0.05) is 30.3 Å². The van der Waals surface area contributed by atoms with Crippen LogP contribution in [-0.4, -0.2) is 37.0 Å². The van der Waals surface area contributed by atoms with Gasteiger partial charge in [-0.2, -0.15) is 5.26 Å². The van der Waals surface area contributed by atoms with Crippen LogP contribution in [0.5, 0.6) is 0 Å². The van der Waals surface area contributed by atoms with Gasteiger partial charge in [-0.05, 0) is 31.4 Å². The highest BCUT2D eigenvalue weighted by Crippen LogP contribution is 2.16. The number of rotatable bonds is 6. The Hall–Kier alpha value is -1.86. The SMILES string of the molecule is N#CCCN1CCCC(C(=O)NCCc2ccccc2)C1. The van der Waals surface area contributed by atoms with Crippen molar-refractivity contribution < 1.29 is 4.79 Å². The smallest absolute Gasteiger partial charge is 0.224 e. The second kappa shape index (κ2) is 8.43. The molecule has 0 saturated carbocycles. The number of nitriles is 1. The summed E-state index contributed by atoms with van der Waals surface area (Å²) in [6.45, 7) is 3.27. The summed E-state index contributed by atoms with van der Waals surface area (Å²) >= 11 is 0. The van der Waals surface area contributed by atoms with E-state index in [1.165, 1.54) is 5.56 Å². The molecule has 4 heteroatoms. The van der Waals surface area contributed by atoms with Crippen LogP contribution in [0.25, 0.3) is 0 Å². The molecule has 1 saturated heterocycles. The zero-order valence-electron chi connectivity index (χ0n) is 12.4. The fraction of sp³-hybridized carbons (Fsp3) is 0.529. The van der Waals surface area contributed by atoms with E-state index in [-0.39, 0.29) is 11.8 Å². The van der Waals surface area contributed by atoms with Crippen molar-refractivity contribution in [2.45, 2.75) is 25.7 Å². The molecule has 1 aliphatic rings. The molecule has 0 radical (unpaired) electrons. The number of piperidine rings is 1. The minimum atomic E-state index is 0.0771. The molecule has 2 rings (SSSR count). The van der Waals surface area contributed by atoms with Gasteiger partial charge in [0.25, 0.3) is 0 Å². The zero-order chi connectivity index (χ0) is 14.9. The van der Waals surface area contributed by atoms with Crippen LogP contribution in [0, 0.1) is 17.2 Å². The average molecular weight is 285 g/mol. The van der Waals surface area contributed by atoms with Gasteiger partial charge in [-0.15, -0.1) is 0 Å². The Morgan fingerprint density at radius 2 is 2.19 bits per heavy atom. The standard InChI is InChI=1S/C17H23N3O/c18-10-5-13-20-12-4-8-16(14-20)17(21)19-11-9-15-6-2-1-3-7-15/h1-3,6-7,16H,4-5,8-9,11-14H2,(H,19,21). The van der Waals surface area contributed by atoms with Gasteiger partial charge in [0, 0.05) is 26.1 Å². The highest BCUT2D eigenvalue weighted by atomic mass is 16.1. The summed E-state index contributed by atoms with van der Waals surface area (Å²) in [6.07, 6.45) is 3.42. The lowest BCUT2D eigenvalue weighted by Crippen LogP contribution is -2.43. The van der Waals surface area contributed by atoms with Crippen molar-refractivity contribution in [3.05, 3.63) is 35.9 Å². The summed E-state index contributed by atoms with van der Waals surface area (Å²) in [5, 5.41) is 11.7. The van der Waals surface area contributed by atoms with Gasteiger partial charge in [0.15, 0.2) is 0 Å². The van der Waals surface area contributed by atoms with Crippen molar-refractivity contribution in [2.75, 3.05) is 26.2 Å². The van der Waals surface area contributed by atoms with Crippen LogP contribution >= 0.6 is 0 Å². The first-order valence-electron chi connectivity index (χ1n) is 7.70. The number of likely N-dealkylation sites (tertiary alicyclic amines) is 1. The van der Waals surface area contributed by atoms with E-state index >= 15 is 0 Å². The van der Waals surface area contributed by atoms with Crippen LogP contribution < -0.4 is 5.32 Å². The fourth-order valence-electron chi connectivity index (χ4n) is 2.80. The molecule has 0 bridgehead atoms. The summed E-state index contributed by atoms with van der Waals surface area (Å²) in [6, 6.07) is 12.4. The molecular formula is C17H23N3O. The molecule has 21 heavy (non-hydrogen) atoms. The monoisotopic (exact) mass is 285 g/mol.